The van der Waals surface area contributed by atoms with E-state index in [9.17, 15) is 5.11 Å². The summed E-state index contributed by atoms with van der Waals surface area (Å²) in [6, 6.07) is 0. The first-order valence-electron chi connectivity index (χ1n) is 7.23. The summed E-state index contributed by atoms with van der Waals surface area (Å²) in [7, 11) is 1.77. The van der Waals surface area contributed by atoms with Crippen molar-refractivity contribution in [3.63, 3.8) is 0 Å². The topological polar surface area (TPSA) is 29.5 Å². The van der Waals surface area contributed by atoms with Crippen molar-refractivity contribution >= 4 is 0 Å². The molecule has 102 valence electrons. The summed E-state index contributed by atoms with van der Waals surface area (Å²) in [6.45, 7) is 6.77. The van der Waals surface area contributed by atoms with Crippen LogP contribution in [0.4, 0.5) is 0 Å². The molecule has 17 heavy (non-hydrogen) atoms. The Labute approximate surface area is 107 Å². The van der Waals surface area contributed by atoms with Gasteiger partial charge in [-0.25, -0.2) is 0 Å². The molecule has 2 nitrogen and oxygen atoms in total. The van der Waals surface area contributed by atoms with Crippen molar-refractivity contribution in [2.45, 2.75) is 77.4 Å². The predicted octanol–water partition coefficient (Wildman–Crippen LogP) is 3.77. The van der Waals surface area contributed by atoms with Crippen molar-refractivity contribution in [1.82, 2.24) is 0 Å². The Bertz CT molecular complexity index is 205. The van der Waals surface area contributed by atoms with Gasteiger partial charge in [-0.05, 0) is 43.9 Å². The molecular weight excluding hydrogens is 212 g/mol. The number of rotatable bonds is 6. The van der Waals surface area contributed by atoms with Gasteiger partial charge in [0.15, 0.2) is 0 Å². The minimum Gasteiger partial charge on any atom is -0.390 e. The van der Waals surface area contributed by atoms with E-state index in [0.29, 0.717) is 0 Å². The molecular formula is C15H30O2. The monoisotopic (exact) mass is 242 g/mol. The van der Waals surface area contributed by atoms with Crippen LogP contribution in [0.15, 0.2) is 0 Å². The quantitative estimate of drug-likeness (QED) is 0.768. The zero-order chi connectivity index (χ0) is 12.9. The van der Waals surface area contributed by atoms with Crippen molar-refractivity contribution in [1.29, 1.82) is 0 Å². The van der Waals surface area contributed by atoms with Crippen LogP contribution in [0.2, 0.25) is 0 Å². The SMILES string of the molecule is COC1(C(O)CCCC(C)C)CCC(C)CC1. The van der Waals surface area contributed by atoms with Gasteiger partial charge in [-0.2, -0.15) is 0 Å². The molecule has 1 atom stereocenters. The van der Waals surface area contributed by atoms with E-state index in [4.69, 9.17) is 4.74 Å². The van der Waals surface area contributed by atoms with Gasteiger partial charge in [-0.1, -0.05) is 33.6 Å². The van der Waals surface area contributed by atoms with E-state index in [-0.39, 0.29) is 11.7 Å². The lowest BCUT2D eigenvalue weighted by Gasteiger charge is -2.41. The third-order valence-electron chi connectivity index (χ3n) is 4.39. The highest BCUT2D eigenvalue weighted by Gasteiger charge is 2.40. The summed E-state index contributed by atoms with van der Waals surface area (Å²) in [6.07, 6.45) is 7.34. The van der Waals surface area contributed by atoms with Crippen LogP contribution in [0.3, 0.4) is 0 Å². The molecule has 0 bridgehead atoms. The van der Waals surface area contributed by atoms with Crippen LogP contribution >= 0.6 is 0 Å². The van der Waals surface area contributed by atoms with E-state index in [0.717, 1.165) is 37.5 Å². The van der Waals surface area contributed by atoms with Crippen molar-refractivity contribution in [3.8, 4) is 0 Å². The highest BCUT2D eigenvalue weighted by atomic mass is 16.5. The van der Waals surface area contributed by atoms with Gasteiger partial charge in [0, 0.05) is 7.11 Å². The third kappa shape index (κ3) is 4.26. The van der Waals surface area contributed by atoms with Crippen molar-refractivity contribution in [2.75, 3.05) is 7.11 Å². The molecule has 0 aromatic carbocycles. The summed E-state index contributed by atoms with van der Waals surface area (Å²) >= 11 is 0. The van der Waals surface area contributed by atoms with Crippen molar-refractivity contribution in [2.24, 2.45) is 11.8 Å². The molecule has 0 aliphatic heterocycles. The van der Waals surface area contributed by atoms with Gasteiger partial charge >= 0.3 is 0 Å². The summed E-state index contributed by atoms with van der Waals surface area (Å²) in [4.78, 5) is 0. The largest absolute Gasteiger partial charge is 0.390 e. The first-order chi connectivity index (χ1) is 8.00. The number of ether oxygens (including phenoxy) is 1. The molecule has 0 amide bonds. The van der Waals surface area contributed by atoms with Gasteiger partial charge in [0.05, 0.1) is 11.7 Å². The molecule has 1 aliphatic carbocycles. The number of methoxy groups -OCH3 is 1. The maximum Gasteiger partial charge on any atom is 0.0936 e. The molecule has 1 saturated carbocycles. The Morgan fingerprint density at radius 1 is 1.24 bits per heavy atom. The van der Waals surface area contributed by atoms with Crippen LogP contribution in [0.5, 0.6) is 0 Å². The Balaban J connectivity index is 2.43. The molecule has 0 saturated heterocycles. The van der Waals surface area contributed by atoms with Crippen LogP contribution in [0.1, 0.15) is 65.7 Å². The third-order valence-corrected chi connectivity index (χ3v) is 4.39. The molecule has 0 radical (unpaired) electrons. The highest BCUT2D eigenvalue weighted by molar-refractivity contribution is 4.92. The molecule has 0 aromatic rings. The minimum absolute atomic E-state index is 0.247. The van der Waals surface area contributed by atoms with Gasteiger partial charge in [0.25, 0.3) is 0 Å². The Hall–Kier alpha value is -0.0800. The second-order valence-electron chi connectivity index (χ2n) is 6.29. The maximum atomic E-state index is 10.4. The summed E-state index contributed by atoms with van der Waals surface area (Å²) in [5.74, 6) is 1.52. The Kier molecular flexibility index (Phi) is 5.94. The van der Waals surface area contributed by atoms with Crippen molar-refractivity contribution < 1.29 is 9.84 Å². The fourth-order valence-corrected chi connectivity index (χ4v) is 2.91. The summed E-state index contributed by atoms with van der Waals surface area (Å²) in [5.41, 5.74) is -0.247. The van der Waals surface area contributed by atoms with Crippen LogP contribution in [0.25, 0.3) is 0 Å². The van der Waals surface area contributed by atoms with Crippen LogP contribution in [-0.2, 0) is 4.74 Å². The molecule has 1 aliphatic rings. The highest BCUT2D eigenvalue weighted by Crippen LogP contribution is 2.38. The molecule has 1 unspecified atom stereocenters. The first-order valence-corrected chi connectivity index (χ1v) is 7.23. The van der Waals surface area contributed by atoms with Crippen LogP contribution < -0.4 is 0 Å². The zero-order valence-electron chi connectivity index (χ0n) is 12.0. The molecule has 1 fully saturated rings. The average Bonchev–Trinajstić information content (AvgIpc) is 2.30. The normalized spacial score (nSPS) is 31.8. The van der Waals surface area contributed by atoms with Crippen LogP contribution in [0, 0.1) is 11.8 Å². The summed E-state index contributed by atoms with van der Waals surface area (Å²) in [5, 5.41) is 10.4. The van der Waals surface area contributed by atoms with E-state index < -0.39 is 0 Å². The molecule has 1 rings (SSSR count). The van der Waals surface area contributed by atoms with Gasteiger partial charge in [-0.15, -0.1) is 0 Å². The van der Waals surface area contributed by atoms with E-state index in [1.807, 2.05) is 0 Å². The van der Waals surface area contributed by atoms with Gasteiger partial charge in [-0.3, -0.25) is 0 Å². The maximum absolute atomic E-state index is 10.4. The number of aliphatic hydroxyl groups is 1. The minimum atomic E-state index is -0.279. The lowest BCUT2D eigenvalue weighted by molar-refractivity contribution is -0.130. The van der Waals surface area contributed by atoms with Gasteiger partial charge in [0.2, 0.25) is 0 Å². The van der Waals surface area contributed by atoms with Crippen LogP contribution in [-0.4, -0.2) is 23.9 Å². The number of hydrogen-bond donors (Lipinski definition) is 1. The van der Waals surface area contributed by atoms with Crippen molar-refractivity contribution in [3.05, 3.63) is 0 Å². The van der Waals surface area contributed by atoms with E-state index in [2.05, 4.69) is 20.8 Å². The number of aliphatic hydroxyl groups excluding tert-OH is 1. The lowest BCUT2D eigenvalue weighted by Crippen LogP contribution is -2.46. The van der Waals surface area contributed by atoms with E-state index in [1.165, 1.54) is 19.3 Å². The first kappa shape index (κ1) is 15.0. The smallest absolute Gasteiger partial charge is 0.0936 e. The molecule has 2 heteroatoms. The molecule has 0 spiro atoms. The second-order valence-corrected chi connectivity index (χ2v) is 6.29. The van der Waals surface area contributed by atoms with E-state index >= 15 is 0 Å². The van der Waals surface area contributed by atoms with E-state index in [1.54, 1.807) is 7.11 Å². The zero-order valence-corrected chi connectivity index (χ0v) is 12.0. The van der Waals surface area contributed by atoms with Gasteiger partial charge < -0.3 is 9.84 Å². The average molecular weight is 242 g/mol. The molecule has 0 aromatic heterocycles. The molecule has 0 heterocycles. The fourth-order valence-electron chi connectivity index (χ4n) is 2.91. The standard InChI is InChI=1S/C15H30O2/c1-12(2)6-5-7-14(16)15(17-4)10-8-13(3)9-11-15/h12-14,16H,5-11H2,1-4H3. The van der Waals surface area contributed by atoms with Gasteiger partial charge in [0.1, 0.15) is 0 Å². The molecule has 1 N–H and O–H groups in total. The Morgan fingerprint density at radius 2 is 1.82 bits per heavy atom. The summed E-state index contributed by atoms with van der Waals surface area (Å²) < 4.78 is 5.70. The second kappa shape index (κ2) is 6.75. The Morgan fingerprint density at radius 3 is 2.29 bits per heavy atom. The number of hydrogen-bond acceptors (Lipinski definition) is 2. The lowest BCUT2D eigenvalue weighted by atomic mass is 9.75. The predicted molar refractivity (Wildman–Crippen MR) is 72.1 cm³/mol. The fraction of sp³-hybridized carbons (Fsp3) is 1.00.